The number of hydrogen-bond donors (Lipinski definition) is 2. The molecular weight excluding hydrogens is 333 g/mol. The number of amides is 2. The molecule has 8 nitrogen and oxygen atoms in total. The smallest absolute Gasteiger partial charge is 0.419 e. The molecule has 1 aliphatic heterocycles. The maximum atomic E-state index is 13.0. The first-order valence-electron chi connectivity index (χ1n) is 6.87. The molecule has 1 saturated heterocycles. The highest BCUT2D eigenvalue weighted by Crippen LogP contribution is 2.36. The first kappa shape index (κ1) is 17.6. The lowest BCUT2D eigenvalue weighted by atomic mass is 10.2. The Labute approximate surface area is 134 Å². The molecule has 0 aromatic carbocycles. The standard InChI is InChI=1S/C13H15F3N4O4/c1-24-11(21)18-9-6-10(17-7-8(9)13(14,15)16)19-2-4-20(5-3-19)12(22)23/h6-7H,2-5H2,1H3,(H,22,23)(H,17,18,21). The molecule has 1 aromatic heterocycles. The van der Waals surface area contributed by atoms with Gasteiger partial charge in [0.05, 0.1) is 18.4 Å². The molecule has 24 heavy (non-hydrogen) atoms. The largest absolute Gasteiger partial charge is 0.465 e. The minimum Gasteiger partial charge on any atom is -0.465 e. The van der Waals surface area contributed by atoms with Crippen LogP contribution in [0, 0.1) is 0 Å². The first-order chi connectivity index (χ1) is 11.2. The molecule has 2 amide bonds. The number of nitrogens with one attached hydrogen (secondary N) is 1. The number of nitrogens with zero attached hydrogens (tertiary/aromatic N) is 3. The molecule has 1 aromatic rings. The molecule has 0 radical (unpaired) electrons. The van der Waals surface area contributed by atoms with Gasteiger partial charge in [-0.3, -0.25) is 5.32 Å². The second-order valence-corrected chi connectivity index (χ2v) is 4.96. The van der Waals surface area contributed by atoms with Crippen molar-refractivity contribution in [1.82, 2.24) is 9.88 Å². The summed E-state index contributed by atoms with van der Waals surface area (Å²) in [6.07, 6.45) is -6.15. The predicted molar refractivity (Wildman–Crippen MR) is 77.1 cm³/mol. The van der Waals surface area contributed by atoms with Crippen LogP contribution < -0.4 is 10.2 Å². The van der Waals surface area contributed by atoms with Crippen LogP contribution in [0.25, 0.3) is 0 Å². The molecule has 1 aliphatic rings. The van der Waals surface area contributed by atoms with Crippen molar-refractivity contribution in [3.8, 4) is 0 Å². The number of piperazine rings is 1. The first-order valence-corrected chi connectivity index (χ1v) is 6.87. The van der Waals surface area contributed by atoms with E-state index in [0.29, 0.717) is 6.20 Å². The lowest BCUT2D eigenvalue weighted by molar-refractivity contribution is -0.137. The van der Waals surface area contributed by atoms with Gasteiger partial charge in [-0.25, -0.2) is 14.6 Å². The molecule has 132 valence electrons. The third-order valence-corrected chi connectivity index (χ3v) is 3.49. The van der Waals surface area contributed by atoms with E-state index >= 15 is 0 Å². The maximum Gasteiger partial charge on any atom is 0.419 e. The van der Waals surface area contributed by atoms with Gasteiger partial charge in [0.2, 0.25) is 0 Å². The third kappa shape index (κ3) is 3.97. The van der Waals surface area contributed by atoms with E-state index in [1.165, 1.54) is 4.90 Å². The normalized spacial score (nSPS) is 15.2. The molecule has 2 N–H and O–H groups in total. The number of carbonyl (C=O) groups is 2. The Morgan fingerprint density at radius 2 is 1.92 bits per heavy atom. The van der Waals surface area contributed by atoms with Crippen LogP contribution >= 0.6 is 0 Å². The Kier molecular flexibility index (Phi) is 5.00. The minimum absolute atomic E-state index is 0.206. The van der Waals surface area contributed by atoms with Crippen molar-refractivity contribution in [1.29, 1.82) is 0 Å². The van der Waals surface area contributed by atoms with Crippen molar-refractivity contribution in [3.05, 3.63) is 17.8 Å². The fourth-order valence-electron chi connectivity index (χ4n) is 2.23. The fraction of sp³-hybridized carbons (Fsp3) is 0.462. The molecule has 2 rings (SSSR count). The Hall–Kier alpha value is -2.72. The van der Waals surface area contributed by atoms with Crippen molar-refractivity contribution in [2.45, 2.75) is 6.18 Å². The van der Waals surface area contributed by atoms with Gasteiger partial charge < -0.3 is 19.6 Å². The summed E-state index contributed by atoms with van der Waals surface area (Å²) >= 11 is 0. The van der Waals surface area contributed by atoms with Gasteiger partial charge in [-0.1, -0.05) is 0 Å². The lowest BCUT2D eigenvalue weighted by Crippen LogP contribution is -2.48. The van der Waals surface area contributed by atoms with Gasteiger partial charge >= 0.3 is 18.4 Å². The molecule has 0 bridgehead atoms. The van der Waals surface area contributed by atoms with Gasteiger partial charge in [0.25, 0.3) is 0 Å². The van der Waals surface area contributed by atoms with Crippen molar-refractivity contribution >= 4 is 23.7 Å². The summed E-state index contributed by atoms with van der Waals surface area (Å²) in [6, 6.07) is 1.09. The van der Waals surface area contributed by atoms with E-state index in [9.17, 15) is 22.8 Å². The molecular formula is C13H15F3N4O4. The van der Waals surface area contributed by atoms with Crippen LogP contribution in [-0.4, -0.2) is 60.5 Å². The Morgan fingerprint density at radius 1 is 1.29 bits per heavy atom. The number of hydrogen-bond acceptors (Lipinski definition) is 5. The van der Waals surface area contributed by atoms with Crippen LogP contribution in [0.1, 0.15) is 5.56 Å². The van der Waals surface area contributed by atoms with Gasteiger partial charge in [-0.2, -0.15) is 13.2 Å². The van der Waals surface area contributed by atoms with Gasteiger partial charge in [0, 0.05) is 38.4 Å². The van der Waals surface area contributed by atoms with Crippen LogP contribution in [0.2, 0.25) is 0 Å². The zero-order valence-corrected chi connectivity index (χ0v) is 12.6. The number of ether oxygens (including phenoxy) is 1. The summed E-state index contributed by atoms with van der Waals surface area (Å²) in [4.78, 5) is 28.7. The summed E-state index contributed by atoms with van der Waals surface area (Å²) < 4.78 is 43.3. The van der Waals surface area contributed by atoms with Gasteiger partial charge in [0.1, 0.15) is 5.82 Å². The maximum absolute atomic E-state index is 13.0. The number of rotatable bonds is 2. The quantitative estimate of drug-likeness (QED) is 0.850. The average Bonchev–Trinajstić information content (AvgIpc) is 2.53. The molecule has 0 atom stereocenters. The topological polar surface area (TPSA) is 95.0 Å². The summed E-state index contributed by atoms with van der Waals surface area (Å²) in [5.74, 6) is 0.208. The van der Waals surface area contributed by atoms with E-state index in [-0.39, 0.29) is 32.0 Å². The molecule has 1 fully saturated rings. The van der Waals surface area contributed by atoms with Crippen LogP contribution in [0.3, 0.4) is 0 Å². The lowest BCUT2D eigenvalue weighted by Gasteiger charge is -2.34. The van der Waals surface area contributed by atoms with E-state index in [4.69, 9.17) is 5.11 Å². The van der Waals surface area contributed by atoms with E-state index in [1.54, 1.807) is 4.90 Å². The van der Waals surface area contributed by atoms with Crippen LogP contribution in [0.4, 0.5) is 34.3 Å². The highest BCUT2D eigenvalue weighted by Gasteiger charge is 2.35. The molecule has 0 spiro atoms. The summed E-state index contributed by atoms with van der Waals surface area (Å²) in [6.45, 7) is 0.972. The highest BCUT2D eigenvalue weighted by atomic mass is 19.4. The van der Waals surface area contributed by atoms with E-state index in [2.05, 4.69) is 9.72 Å². The van der Waals surface area contributed by atoms with E-state index in [0.717, 1.165) is 13.2 Å². The van der Waals surface area contributed by atoms with Gasteiger partial charge in [-0.15, -0.1) is 0 Å². The van der Waals surface area contributed by atoms with Crippen molar-refractivity contribution in [3.63, 3.8) is 0 Å². The second kappa shape index (κ2) is 6.81. The Balaban J connectivity index is 2.24. The Morgan fingerprint density at radius 3 is 2.42 bits per heavy atom. The van der Waals surface area contributed by atoms with Gasteiger partial charge in [-0.05, 0) is 0 Å². The molecule has 0 saturated carbocycles. The number of carbonyl (C=O) groups excluding carboxylic acids is 1. The van der Waals surface area contributed by atoms with Crippen molar-refractivity contribution in [2.75, 3.05) is 43.5 Å². The monoisotopic (exact) mass is 348 g/mol. The van der Waals surface area contributed by atoms with Crippen LogP contribution in [-0.2, 0) is 10.9 Å². The summed E-state index contributed by atoms with van der Waals surface area (Å²) in [5.41, 5.74) is -1.57. The molecule has 0 unspecified atom stereocenters. The number of halogens is 3. The molecule has 2 heterocycles. The SMILES string of the molecule is COC(=O)Nc1cc(N2CCN(C(=O)O)CC2)ncc1C(F)(F)F. The van der Waals surface area contributed by atoms with Gasteiger partial charge in [0.15, 0.2) is 0 Å². The zero-order valence-electron chi connectivity index (χ0n) is 12.6. The van der Waals surface area contributed by atoms with Crippen molar-refractivity contribution in [2.24, 2.45) is 0 Å². The van der Waals surface area contributed by atoms with Crippen LogP contribution in [0.15, 0.2) is 12.3 Å². The van der Waals surface area contributed by atoms with Crippen LogP contribution in [0.5, 0.6) is 0 Å². The third-order valence-electron chi connectivity index (χ3n) is 3.49. The molecule has 0 aliphatic carbocycles. The number of methoxy groups -OCH3 is 1. The minimum atomic E-state index is -4.69. The zero-order chi connectivity index (χ0) is 17.9. The number of anilines is 2. The molecule has 11 heteroatoms. The van der Waals surface area contributed by atoms with E-state index in [1.807, 2.05) is 5.32 Å². The number of aromatic nitrogens is 1. The average molecular weight is 348 g/mol. The summed E-state index contributed by atoms with van der Waals surface area (Å²) in [7, 11) is 1.04. The number of alkyl halides is 3. The highest BCUT2D eigenvalue weighted by molar-refractivity contribution is 5.86. The predicted octanol–water partition coefficient (Wildman–Crippen LogP) is 2.08. The fourth-order valence-corrected chi connectivity index (χ4v) is 2.23. The van der Waals surface area contributed by atoms with Crippen molar-refractivity contribution < 1.29 is 32.6 Å². The second-order valence-electron chi connectivity index (χ2n) is 4.96. The number of carboxylic acid groups (broad SMARTS) is 1. The van der Waals surface area contributed by atoms with E-state index < -0.39 is 29.6 Å². The Bertz CT molecular complexity index is 630. The summed E-state index contributed by atoms with van der Waals surface area (Å²) in [5, 5.41) is 10.9. The number of pyridine rings is 1.